The van der Waals surface area contributed by atoms with Gasteiger partial charge in [-0.1, -0.05) is 6.92 Å². The third-order valence-corrected chi connectivity index (χ3v) is 1.98. The van der Waals surface area contributed by atoms with E-state index in [0.29, 0.717) is 5.76 Å². The quantitative estimate of drug-likeness (QED) is 0.762. The monoisotopic (exact) mass is 212 g/mol. The SMILES string of the molecule is COC(=O)c1ccc(CC(C)C(=O)O)o1. The molecule has 1 aromatic rings. The molecule has 0 saturated heterocycles. The standard InChI is InChI=1S/C10H12O5/c1-6(9(11)12)5-7-3-4-8(15-7)10(13)14-2/h3-4,6H,5H2,1-2H3,(H,11,12). The van der Waals surface area contributed by atoms with Crippen LogP contribution >= 0.6 is 0 Å². The van der Waals surface area contributed by atoms with Crippen LogP contribution in [-0.4, -0.2) is 24.2 Å². The number of methoxy groups -OCH3 is 1. The van der Waals surface area contributed by atoms with Crippen molar-refractivity contribution in [3.8, 4) is 0 Å². The second-order valence-corrected chi connectivity index (χ2v) is 3.20. The zero-order valence-corrected chi connectivity index (χ0v) is 8.52. The number of ether oxygens (including phenoxy) is 1. The fourth-order valence-corrected chi connectivity index (χ4v) is 1.09. The van der Waals surface area contributed by atoms with Crippen LogP contribution < -0.4 is 0 Å². The number of aliphatic carboxylic acids is 1. The third kappa shape index (κ3) is 2.83. The largest absolute Gasteiger partial charge is 0.481 e. The molecule has 1 heterocycles. The molecule has 5 nitrogen and oxygen atoms in total. The summed E-state index contributed by atoms with van der Waals surface area (Å²) >= 11 is 0. The van der Waals surface area contributed by atoms with Crippen molar-refractivity contribution in [1.29, 1.82) is 0 Å². The first-order valence-corrected chi connectivity index (χ1v) is 4.44. The second-order valence-electron chi connectivity index (χ2n) is 3.20. The summed E-state index contributed by atoms with van der Waals surface area (Å²) < 4.78 is 9.57. The molecule has 0 fully saturated rings. The molecule has 1 aromatic heterocycles. The average Bonchev–Trinajstić information content (AvgIpc) is 2.65. The van der Waals surface area contributed by atoms with E-state index < -0.39 is 17.9 Å². The van der Waals surface area contributed by atoms with Crippen LogP contribution in [0.15, 0.2) is 16.5 Å². The van der Waals surface area contributed by atoms with Gasteiger partial charge in [-0.05, 0) is 12.1 Å². The Hall–Kier alpha value is -1.78. The van der Waals surface area contributed by atoms with Gasteiger partial charge in [0, 0.05) is 6.42 Å². The highest BCUT2D eigenvalue weighted by Gasteiger charge is 2.16. The zero-order valence-electron chi connectivity index (χ0n) is 8.52. The molecule has 0 aliphatic carbocycles. The molecule has 0 amide bonds. The average molecular weight is 212 g/mol. The molecule has 5 heteroatoms. The molecule has 0 aromatic carbocycles. The van der Waals surface area contributed by atoms with E-state index in [2.05, 4.69) is 4.74 Å². The van der Waals surface area contributed by atoms with Gasteiger partial charge in [0.15, 0.2) is 0 Å². The Morgan fingerprint density at radius 2 is 2.20 bits per heavy atom. The summed E-state index contributed by atoms with van der Waals surface area (Å²) in [5.74, 6) is -1.45. The number of carboxylic acid groups (broad SMARTS) is 1. The van der Waals surface area contributed by atoms with Gasteiger partial charge in [0.25, 0.3) is 0 Å². The van der Waals surface area contributed by atoms with Crippen LogP contribution in [0.2, 0.25) is 0 Å². The lowest BCUT2D eigenvalue weighted by Crippen LogP contribution is -2.11. The summed E-state index contributed by atoms with van der Waals surface area (Å²) in [6.45, 7) is 1.57. The van der Waals surface area contributed by atoms with E-state index in [1.165, 1.54) is 13.2 Å². The van der Waals surface area contributed by atoms with Crippen LogP contribution in [0, 0.1) is 5.92 Å². The van der Waals surface area contributed by atoms with Crippen molar-refractivity contribution < 1.29 is 23.8 Å². The molecule has 0 bridgehead atoms. The van der Waals surface area contributed by atoms with E-state index in [4.69, 9.17) is 9.52 Å². The molecule has 1 N–H and O–H groups in total. The number of furan rings is 1. The highest BCUT2D eigenvalue weighted by molar-refractivity contribution is 5.86. The highest BCUT2D eigenvalue weighted by Crippen LogP contribution is 2.13. The third-order valence-electron chi connectivity index (χ3n) is 1.98. The van der Waals surface area contributed by atoms with Crippen LogP contribution in [0.3, 0.4) is 0 Å². The molecule has 0 spiro atoms. The maximum absolute atomic E-state index is 11.0. The fraction of sp³-hybridized carbons (Fsp3) is 0.400. The number of rotatable bonds is 4. The van der Waals surface area contributed by atoms with Gasteiger partial charge < -0.3 is 14.3 Å². The molecule has 1 unspecified atom stereocenters. The van der Waals surface area contributed by atoms with Gasteiger partial charge in [-0.2, -0.15) is 0 Å². The summed E-state index contributed by atoms with van der Waals surface area (Å²) in [4.78, 5) is 21.6. The van der Waals surface area contributed by atoms with Gasteiger partial charge in [0.1, 0.15) is 5.76 Å². The first-order chi connectivity index (χ1) is 7.04. The van der Waals surface area contributed by atoms with Crippen molar-refractivity contribution in [3.05, 3.63) is 23.7 Å². The van der Waals surface area contributed by atoms with Gasteiger partial charge in [-0.25, -0.2) is 4.79 Å². The van der Waals surface area contributed by atoms with Gasteiger partial charge in [0.2, 0.25) is 5.76 Å². The molecule has 0 aliphatic heterocycles. The van der Waals surface area contributed by atoms with E-state index in [9.17, 15) is 9.59 Å². The predicted octanol–water partition coefficient (Wildman–Crippen LogP) is 1.33. The smallest absolute Gasteiger partial charge is 0.373 e. The number of hydrogen-bond donors (Lipinski definition) is 1. The summed E-state index contributed by atoms with van der Waals surface area (Å²) in [7, 11) is 1.25. The van der Waals surface area contributed by atoms with E-state index >= 15 is 0 Å². The number of carbonyl (C=O) groups excluding carboxylic acids is 1. The van der Waals surface area contributed by atoms with Crippen molar-refractivity contribution >= 4 is 11.9 Å². The molecule has 0 aliphatic rings. The van der Waals surface area contributed by atoms with Crippen molar-refractivity contribution in [2.24, 2.45) is 5.92 Å². The molecular formula is C10H12O5. The van der Waals surface area contributed by atoms with Crippen LogP contribution in [0.4, 0.5) is 0 Å². The van der Waals surface area contributed by atoms with E-state index in [1.54, 1.807) is 13.0 Å². The van der Waals surface area contributed by atoms with Crippen molar-refractivity contribution in [2.45, 2.75) is 13.3 Å². The lowest BCUT2D eigenvalue weighted by atomic mass is 10.1. The van der Waals surface area contributed by atoms with Gasteiger partial charge in [-0.15, -0.1) is 0 Å². The Morgan fingerprint density at radius 3 is 2.73 bits per heavy atom. The number of esters is 1. The van der Waals surface area contributed by atoms with Gasteiger partial charge >= 0.3 is 11.9 Å². The fourth-order valence-electron chi connectivity index (χ4n) is 1.09. The number of hydrogen-bond acceptors (Lipinski definition) is 4. The lowest BCUT2D eigenvalue weighted by molar-refractivity contribution is -0.141. The Bertz CT molecular complexity index is 366. The highest BCUT2D eigenvalue weighted by atomic mass is 16.5. The first kappa shape index (κ1) is 11.3. The minimum atomic E-state index is -0.897. The Labute approximate surface area is 86.6 Å². The molecule has 1 atom stereocenters. The molecule has 15 heavy (non-hydrogen) atoms. The Balaban J connectivity index is 2.68. The lowest BCUT2D eigenvalue weighted by Gasteiger charge is -2.02. The maximum atomic E-state index is 11.0. The van der Waals surface area contributed by atoms with E-state index in [0.717, 1.165) is 0 Å². The van der Waals surface area contributed by atoms with Crippen LogP contribution in [0.25, 0.3) is 0 Å². The molecule has 1 rings (SSSR count). The van der Waals surface area contributed by atoms with Crippen molar-refractivity contribution in [1.82, 2.24) is 0 Å². The van der Waals surface area contributed by atoms with E-state index in [-0.39, 0.29) is 12.2 Å². The first-order valence-electron chi connectivity index (χ1n) is 4.44. The number of carbonyl (C=O) groups is 2. The molecule has 82 valence electrons. The second kappa shape index (κ2) is 4.63. The van der Waals surface area contributed by atoms with Crippen LogP contribution in [0.5, 0.6) is 0 Å². The maximum Gasteiger partial charge on any atom is 0.373 e. The predicted molar refractivity (Wildman–Crippen MR) is 50.6 cm³/mol. The Kier molecular flexibility index (Phi) is 3.49. The minimum Gasteiger partial charge on any atom is -0.481 e. The molecule has 0 saturated carbocycles. The summed E-state index contributed by atoms with van der Waals surface area (Å²) in [6, 6.07) is 3.04. The molecular weight excluding hydrogens is 200 g/mol. The number of carboxylic acids is 1. The van der Waals surface area contributed by atoms with Crippen molar-refractivity contribution in [2.75, 3.05) is 7.11 Å². The van der Waals surface area contributed by atoms with Crippen molar-refractivity contribution in [3.63, 3.8) is 0 Å². The van der Waals surface area contributed by atoms with Crippen LogP contribution in [0.1, 0.15) is 23.2 Å². The normalized spacial score (nSPS) is 12.1. The van der Waals surface area contributed by atoms with Gasteiger partial charge in [-0.3, -0.25) is 4.79 Å². The van der Waals surface area contributed by atoms with Crippen LogP contribution in [-0.2, 0) is 16.0 Å². The topological polar surface area (TPSA) is 76.7 Å². The summed E-state index contributed by atoms with van der Waals surface area (Å²) in [6.07, 6.45) is 0.256. The summed E-state index contributed by atoms with van der Waals surface area (Å²) in [5.41, 5.74) is 0. The minimum absolute atomic E-state index is 0.0880. The summed E-state index contributed by atoms with van der Waals surface area (Å²) in [5, 5.41) is 8.67. The van der Waals surface area contributed by atoms with E-state index in [1.807, 2.05) is 0 Å². The zero-order chi connectivity index (χ0) is 11.4. The van der Waals surface area contributed by atoms with Gasteiger partial charge in [0.05, 0.1) is 13.0 Å². The Morgan fingerprint density at radius 1 is 1.53 bits per heavy atom. The molecule has 0 radical (unpaired) electrons.